The molecule has 0 bridgehead atoms. The molecule has 1 fully saturated rings. The van der Waals surface area contributed by atoms with Gasteiger partial charge in [0.15, 0.2) is 0 Å². The number of benzene rings is 1. The predicted octanol–water partition coefficient (Wildman–Crippen LogP) is 1.35. The Bertz CT molecular complexity index is 453. The summed E-state index contributed by atoms with van der Waals surface area (Å²) in [5.41, 5.74) is 12.7. The maximum Gasteiger partial charge on any atom is 0.292 e. The number of hydrogen-bond donors (Lipinski definition) is 2. The molecule has 2 unspecified atom stereocenters. The fraction of sp³-hybridized carbons (Fsp3) is 0.500. The summed E-state index contributed by atoms with van der Waals surface area (Å²) in [6, 6.07) is 4.99. The van der Waals surface area contributed by atoms with Crippen LogP contribution in [0, 0.1) is 16.0 Å². The molecule has 6 heteroatoms. The smallest absolute Gasteiger partial charge is 0.292 e. The molecule has 2 rings (SSSR count). The lowest BCUT2D eigenvalue weighted by Gasteiger charge is -2.36. The maximum atomic E-state index is 10.7. The van der Waals surface area contributed by atoms with Gasteiger partial charge in [0.25, 0.3) is 5.69 Å². The summed E-state index contributed by atoms with van der Waals surface area (Å²) in [4.78, 5) is 12.4. The van der Waals surface area contributed by atoms with Crippen LogP contribution < -0.4 is 16.4 Å². The van der Waals surface area contributed by atoms with Gasteiger partial charge in [0.2, 0.25) is 0 Å². The molecule has 4 N–H and O–H groups in total. The topological polar surface area (TPSA) is 98.4 Å². The Morgan fingerprint density at radius 2 is 2.17 bits per heavy atom. The second kappa shape index (κ2) is 4.81. The fourth-order valence-corrected chi connectivity index (χ4v) is 2.52. The summed E-state index contributed by atoms with van der Waals surface area (Å²) in [7, 11) is 0. The Kier molecular flexibility index (Phi) is 3.38. The fourth-order valence-electron chi connectivity index (χ4n) is 2.52. The molecule has 1 heterocycles. The van der Waals surface area contributed by atoms with Crippen LogP contribution in [-0.4, -0.2) is 24.1 Å². The van der Waals surface area contributed by atoms with E-state index in [1.165, 1.54) is 6.07 Å². The minimum Gasteiger partial charge on any atom is -0.393 e. The normalized spacial score (nSPS) is 24.0. The number of nitrogens with two attached hydrogens (primary N) is 2. The van der Waals surface area contributed by atoms with Crippen LogP contribution in [0.15, 0.2) is 18.2 Å². The van der Waals surface area contributed by atoms with Gasteiger partial charge in [0.1, 0.15) is 5.69 Å². The SMILES string of the molecule is CC1CC(N)CN(c2ccc([N+](=O)[O-])c(N)c2)C1. The molecule has 2 atom stereocenters. The first-order valence-corrected chi connectivity index (χ1v) is 6.02. The van der Waals surface area contributed by atoms with Crippen LogP contribution in [0.4, 0.5) is 17.1 Å². The van der Waals surface area contributed by atoms with E-state index in [9.17, 15) is 10.1 Å². The number of piperidine rings is 1. The molecular weight excluding hydrogens is 232 g/mol. The predicted molar refractivity (Wildman–Crippen MR) is 71.5 cm³/mol. The van der Waals surface area contributed by atoms with Crippen molar-refractivity contribution in [1.82, 2.24) is 0 Å². The molecule has 1 saturated heterocycles. The lowest BCUT2D eigenvalue weighted by atomic mass is 9.96. The van der Waals surface area contributed by atoms with E-state index in [0.717, 1.165) is 25.2 Å². The van der Waals surface area contributed by atoms with Gasteiger partial charge in [-0.1, -0.05) is 6.92 Å². The highest BCUT2D eigenvalue weighted by Crippen LogP contribution is 2.29. The molecule has 0 aromatic heterocycles. The van der Waals surface area contributed by atoms with E-state index in [0.29, 0.717) is 5.92 Å². The van der Waals surface area contributed by atoms with E-state index >= 15 is 0 Å². The van der Waals surface area contributed by atoms with E-state index in [1.807, 2.05) is 0 Å². The van der Waals surface area contributed by atoms with Crippen LogP contribution >= 0.6 is 0 Å². The molecule has 1 aromatic rings. The van der Waals surface area contributed by atoms with Gasteiger partial charge in [0.05, 0.1) is 4.92 Å². The minimum absolute atomic E-state index is 0.0480. The second-order valence-corrected chi connectivity index (χ2v) is 5.01. The first-order chi connectivity index (χ1) is 8.47. The van der Waals surface area contributed by atoms with Crippen molar-refractivity contribution in [3.05, 3.63) is 28.3 Å². The van der Waals surface area contributed by atoms with Crippen LogP contribution in [0.2, 0.25) is 0 Å². The summed E-state index contributed by atoms with van der Waals surface area (Å²) in [5.74, 6) is 0.519. The van der Waals surface area contributed by atoms with Gasteiger partial charge < -0.3 is 16.4 Å². The van der Waals surface area contributed by atoms with Crippen LogP contribution in [0.5, 0.6) is 0 Å². The van der Waals surface area contributed by atoms with Crippen molar-refractivity contribution in [3.8, 4) is 0 Å². The largest absolute Gasteiger partial charge is 0.393 e. The van der Waals surface area contributed by atoms with Gasteiger partial charge in [-0.05, 0) is 24.5 Å². The lowest BCUT2D eigenvalue weighted by Crippen LogP contribution is -2.46. The molecule has 1 aromatic carbocycles. The first kappa shape index (κ1) is 12.6. The third kappa shape index (κ3) is 2.53. The van der Waals surface area contributed by atoms with Crippen LogP contribution in [0.3, 0.4) is 0 Å². The monoisotopic (exact) mass is 250 g/mol. The quantitative estimate of drug-likeness (QED) is 0.469. The third-order valence-corrected chi connectivity index (χ3v) is 3.27. The van der Waals surface area contributed by atoms with E-state index in [4.69, 9.17) is 11.5 Å². The Hall–Kier alpha value is -1.82. The molecule has 0 amide bonds. The van der Waals surface area contributed by atoms with Gasteiger partial charge in [-0.2, -0.15) is 0 Å². The summed E-state index contributed by atoms with van der Waals surface area (Å²) >= 11 is 0. The maximum absolute atomic E-state index is 10.7. The Morgan fingerprint density at radius 1 is 1.44 bits per heavy atom. The zero-order valence-corrected chi connectivity index (χ0v) is 10.4. The lowest BCUT2D eigenvalue weighted by molar-refractivity contribution is -0.383. The summed E-state index contributed by atoms with van der Waals surface area (Å²) in [5, 5.41) is 10.7. The zero-order valence-electron chi connectivity index (χ0n) is 10.4. The van der Waals surface area contributed by atoms with Crippen molar-refractivity contribution >= 4 is 17.1 Å². The van der Waals surface area contributed by atoms with Gasteiger partial charge in [-0.25, -0.2) is 0 Å². The number of hydrogen-bond acceptors (Lipinski definition) is 5. The number of nitro groups is 1. The molecule has 0 radical (unpaired) electrons. The Labute approximate surface area is 106 Å². The summed E-state index contributed by atoms with van der Waals surface area (Å²) in [6.07, 6.45) is 1.01. The molecule has 1 aliphatic rings. The Morgan fingerprint density at radius 3 is 2.72 bits per heavy atom. The Balaban J connectivity index is 2.23. The van der Waals surface area contributed by atoms with Crippen molar-refractivity contribution in [2.45, 2.75) is 19.4 Å². The van der Waals surface area contributed by atoms with Crippen molar-refractivity contribution in [3.63, 3.8) is 0 Å². The van der Waals surface area contributed by atoms with Crippen molar-refractivity contribution in [1.29, 1.82) is 0 Å². The molecule has 98 valence electrons. The van der Waals surface area contributed by atoms with E-state index < -0.39 is 4.92 Å². The second-order valence-electron chi connectivity index (χ2n) is 5.01. The van der Waals surface area contributed by atoms with Gasteiger partial charge >= 0.3 is 0 Å². The molecule has 0 aliphatic carbocycles. The van der Waals surface area contributed by atoms with Crippen LogP contribution in [0.25, 0.3) is 0 Å². The van der Waals surface area contributed by atoms with Crippen LogP contribution in [-0.2, 0) is 0 Å². The molecule has 1 aliphatic heterocycles. The zero-order chi connectivity index (χ0) is 13.3. The number of rotatable bonds is 2. The summed E-state index contributed by atoms with van der Waals surface area (Å²) in [6.45, 7) is 3.83. The number of nitrogens with zero attached hydrogens (tertiary/aromatic N) is 2. The van der Waals surface area contributed by atoms with Crippen LogP contribution in [0.1, 0.15) is 13.3 Å². The highest BCUT2D eigenvalue weighted by molar-refractivity contribution is 5.66. The van der Waals surface area contributed by atoms with E-state index in [-0.39, 0.29) is 17.4 Å². The number of nitrogen functional groups attached to an aromatic ring is 1. The van der Waals surface area contributed by atoms with Crippen molar-refractivity contribution in [2.24, 2.45) is 11.7 Å². The number of nitro benzene ring substituents is 1. The average molecular weight is 250 g/mol. The van der Waals surface area contributed by atoms with E-state index in [1.54, 1.807) is 12.1 Å². The third-order valence-electron chi connectivity index (χ3n) is 3.27. The minimum atomic E-state index is -0.469. The molecular formula is C12H18N4O2. The van der Waals surface area contributed by atoms with E-state index in [2.05, 4.69) is 11.8 Å². The molecule has 0 saturated carbocycles. The highest BCUT2D eigenvalue weighted by Gasteiger charge is 2.23. The standard InChI is InChI=1S/C12H18N4O2/c1-8-4-9(13)7-15(6-8)10-2-3-12(16(17)18)11(14)5-10/h2-3,5,8-9H,4,6-7,13-14H2,1H3. The molecule has 6 nitrogen and oxygen atoms in total. The first-order valence-electron chi connectivity index (χ1n) is 6.02. The van der Waals surface area contributed by atoms with Gasteiger partial charge in [0, 0.05) is 30.9 Å². The van der Waals surface area contributed by atoms with Gasteiger partial charge in [-0.15, -0.1) is 0 Å². The molecule has 18 heavy (non-hydrogen) atoms. The van der Waals surface area contributed by atoms with Crippen molar-refractivity contribution in [2.75, 3.05) is 23.7 Å². The van der Waals surface area contributed by atoms with Crippen molar-refractivity contribution < 1.29 is 4.92 Å². The average Bonchev–Trinajstić information content (AvgIpc) is 2.26. The highest BCUT2D eigenvalue weighted by atomic mass is 16.6. The molecule has 0 spiro atoms. The van der Waals surface area contributed by atoms with Gasteiger partial charge in [-0.3, -0.25) is 10.1 Å². The number of anilines is 2. The summed E-state index contributed by atoms with van der Waals surface area (Å²) < 4.78 is 0.